The van der Waals surface area contributed by atoms with Gasteiger partial charge in [0.25, 0.3) is 5.91 Å². The Morgan fingerprint density at radius 3 is 2.68 bits per heavy atom. The third-order valence-electron chi connectivity index (χ3n) is 4.53. The molecule has 0 radical (unpaired) electrons. The van der Waals surface area contributed by atoms with E-state index >= 15 is 0 Å². The van der Waals surface area contributed by atoms with E-state index in [-0.39, 0.29) is 12.4 Å². The SMILES string of the molecule is O=C(COc1ccc(F)cc1)NN=Cc1sc(N2CCOCC2)nc1-c1ccccc1. The third kappa shape index (κ3) is 5.65. The summed E-state index contributed by atoms with van der Waals surface area (Å²) in [6.07, 6.45) is 1.60. The molecule has 160 valence electrons. The lowest BCUT2D eigenvalue weighted by Gasteiger charge is -2.26. The molecular weight excluding hydrogens is 419 g/mol. The zero-order valence-electron chi connectivity index (χ0n) is 16.7. The number of amides is 1. The predicted molar refractivity (Wildman–Crippen MR) is 118 cm³/mol. The van der Waals surface area contributed by atoms with E-state index in [1.165, 1.54) is 35.6 Å². The lowest BCUT2D eigenvalue weighted by Crippen LogP contribution is -2.36. The Morgan fingerprint density at radius 2 is 1.94 bits per heavy atom. The van der Waals surface area contributed by atoms with Gasteiger partial charge in [0.1, 0.15) is 11.6 Å². The van der Waals surface area contributed by atoms with Gasteiger partial charge in [-0.15, -0.1) is 0 Å². The number of carbonyl (C=O) groups excluding carboxylic acids is 1. The topological polar surface area (TPSA) is 76.0 Å². The Labute approximate surface area is 183 Å². The number of rotatable bonds is 7. The van der Waals surface area contributed by atoms with Crippen LogP contribution >= 0.6 is 11.3 Å². The van der Waals surface area contributed by atoms with E-state index in [0.717, 1.165) is 34.4 Å². The van der Waals surface area contributed by atoms with Gasteiger partial charge in [0.05, 0.1) is 30.0 Å². The van der Waals surface area contributed by atoms with Gasteiger partial charge < -0.3 is 14.4 Å². The minimum absolute atomic E-state index is 0.226. The van der Waals surface area contributed by atoms with Crippen LogP contribution in [0.2, 0.25) is 0 Å². The van der Waals surface area contributed by atoms with Gasteiger partial charge in [-0.25, -0.2) is 14.8 Å². The van der Waals surface area contributed by atoms with Crippen molar-refractivity contribution in [2.24, 2.45) is 5.10 Å². The lowest BCUT2D eigenvalue weighted by atomic mass is 10.1. The maximum absolute atomic E-state index is 12.9. The minimum atomic E-state index is -0.417. The highest BCUT2D eigenvalue weighted by molar-refractivity contribution is 7.17. The zero-order chi connectivity index (χ0) is 21.5. The Balaban J connectivity index is 1.43. The van der Waals surface area contributed by atoms with Crippen LogP contribution in [0.15, 0.2) is 59.7 Å². The molecule has 0 spiro atoms. The zero-order valence-corrected chi connectivity index (χ0v) is 17.5. The molecule has 0 unspecified atom stereocenters. The quantitative estimate of drug-likeness (QED) is 0.451. The number of anilines is 1. The summed E-state index contributed by atoms with van der Waals surface area (Å²) in [5.74, 6) is -0.374. The number of hydrazone groups is 1. The molecule has 0 bridgehead atoms. The molecule has 1 aromatic heterocycles. The molecule has 4 rings (SSSR count). The van der Waals surface area contributed by atoms with Crippen molar-refractivity contribution in [2.45, 2.75) is 0 Å². The molecule has 0 atom stereocenters. The molecule has 1 N–H and O–H groups in total. The van der Waals surface area contributed by atoms with Crippen LogP contribution in [0.25, 0.3) is 11.3 Å². The smallest absolute Gasteiger partial charge is 0.277 e. The van der Waals surface area contributed by atoms with Crippen molar-refractivity contribution in [3.05, 3.63) is 65.3 Å². The maximum Gasteiger partial charge on any atom is 0.277 e. The molecule has 1 amide bonds. The number of morpholine rings is 1. The van der Waals surface area contributed by atoms with E-state index in [1.807, 2.05) is 30.3 Å². The van der Waals surface area contributed by atoms with Crippen molar-refractivity contribution in [1.29, 1.82) is 0 Å². The normalized spacial score (nSPS) is 14.0. The van der Waals surface area contributed by atoms with E-state index < -0.39 is 5.91 Å². The number of hydrogen-bond donors (Lipinski definition) is 1. The summed E-state index contributed by atoms with van der Waals surface area (Å²) >= 11 is 1.52. The van der Waals surface area contributed by atoms with Crippen LogP contribution in [0.1, 0.15) is 4.88 Å². The Bertz CT molecular complexity index is 1030. The van der Waals surface area contributed by atoms with E-state index in [9.17, 15) is 9.18 Å². The molecule has 3 aromatic rings. The summed E-state index contributed by atoms with van der Waals surface area (Å²) in [4.78, 5) is 19.9. The molecule has 7 nitrogen and oxygen atoms in total. The number of nitrogens with zero attached hydrogens (tertiary/aromatic N) is 3. The Hall–Kier alpha value is -3.30. The van der Waals surface area contributed by atoms with Gasteiger partial charge in [-0.3, -0.25) is 4.79 Å². The van der Waals surface area contributed by atoms with Crippen molar-refractivity contribution in [3.63, 3.8) is 0 Å². The van der Waals surface area contributed by atoms with Gasteiger partial charge in [0.2, 0.25) is 0 Å². The average Bonchev–Trinajstić information content (AvgIpc) is 3.24. The highest BCUT2D eigenvalue weighted by Gasteiger charge is 2.18. The van der Waals surface area contributed by atoms with Gasteiger partial charge >= 0.3 is 0 Å². The van der Waals surface area contributed by atoms with Gasteiger partial charge in [-0.05, 0) is 24.3 Å². The van der Waals surface area contributed by atoms with Gasteiger partial charge in [0.15, 0.2) is 11.7 Å². The highest BCUT2D eigenvalue weighted by atomic mass is 32.1. The van der Waals surface area contributed by atoms with Crippen molar-refractivity contribution in [1.82, 2.24) is 10.4 Å². The summed E-state index contributed by atoms with van der Waals surface area (Å²) in [5, 5.41) is 4.97. The largest absolute Gasteiger partial charge is 0.484 e. The lowest BCUT2D eigenvalue weighted by molar-refractivity contribution is -0.123. The summed E-state index contributed by atoms with van der Waals surface area (Å²) in [5.41, 5.74) is 4.25. The van der Waals surface area contributed by atoms with Crippen LogP contribution in [0.4, 0.5) is 9.52 Å². The summed E-state index contributed by atoms with van der Waals surface area (Å²) < 4.78 is 23.7. The van der Waals surface area contributed by atoms with Crippen LogP contribution in [0.5, 0.6) is 5.75 Å². The molecule has 1 aliphatic heterocycles. The summed E-state index contributed by atoms with van der Waals surface area (Å²) in [7, 11) is 0. The van der Waals surface area contributed by atoms with E-state index in [2.05, 4.69) is 15.4 Å². The Morgan fingerprint density at radius 1 is 1.19 bits per heavy atom. The maximum atomic E-state index is 12.9. The summed E-state index contributed by atoms with van der Waals surface area (Å²) in [6.45, 7) is 2.70. The first-order valence-corrected chi connectivity index (χ1v) is 10.6. The fraction of sp³-hybridized carbons (Fsp3) is 0.227. The predicted octanol–water partition coefficient (Wildman–Crippen LogP) is 3.31. The van der Waals surface area contributed by atoms with Gasteiger partial charge in [0, 0.05) is 18.7 Å². The fourth-order valence-corrected chi connectivity index (χ4v) is 3.99. The van der Waals surface area contributed by atoms with Crippen LogP contribution in [-0.4, -0.2) is 50.0 Å². The van der Waals surface area contributed by atoms with Crippen molar-refractivity contribution in [3.8, 4) is 17.0 Å². The second-order valence-electron chi connectivity index (χ2n) is 6.71. The number of carbonyl (C=O) groups is 1. The van der Waals surface area contributed by atoms with Crippen LogP contribution in [0.3, 0.4) is 0 Å². The standard InChI is InChI=1S/C22H21FN4O3S/c23-17-6-8-18(9-7-17)30-15-20(28)26-24-14-19-21(16-4-2-1-3-5-16)25-22(31-19)27-10-12-29-13-11-27/h1-9,14H,10-13,15H2,(H,26,28). The molecule has 1 fully saturated rings. The molecule has 1 saturated heterocycles. The second kappa shape index (κ2) is 10.1. The monoisotopic (exact) mass is 440 g/mol. The van der Waals surface area contributed by atoms with Gasteiger partial charge in [-0.2, -0.15) is 5.10 Å². The number of ether oxygens (including phenoxy) is 2. The van der Waals surface area contributed by atoms with Crippen molar-refractivity contribution in [2.75, 3.05) is 37.8 Å². The van der Waals surface area contributed by atoms with E-state index in [0.29, 0.717) is 19.0 Å². The first kappa shape index (κ1) is 21.0. The highest BCUT2D eigenvalue weighted by Crippen LogP contribution is 2.32. The fourth-order valence-electron chi connectivity index (χ4n) is 2.98. The first-order valence-electron chi connectivity index (χ1n) is 9.78. The van der Waals surface area contributed by atoms with Crippen molar-refractivity contribution >= 4 is 28.6 Å². The average molecular weight is 441 g/mol. The summed E-state index contributed by atoms with van der Waals surface area (Å²) in [6, 6.07) is 15.3. The van der Waals surface area contributed by atoms with Crippen LogP contribution in [0, 0.1) is 5.82 Å². The molecule has 1 aliphatic rings. The number of thiazole rings is 1. The van der Waals surface area contributed by atoms with Crippen LogP contribution < -0.4 is 15.1 Å². The minimum Gasteiger partial charge on any atom is -0.484 e. The second-order valence-corrected chi connectivity index (χ2v) is 7.72. The number of aromatic nitrogens is 1. The van der Waals surface area contributed by atoms with E-state index in [4.69, 9.17) is 14.5 Å². The molecule has 2 heterocycles. The molecular formula is C22H21FN4O3S. The molecule has 0 aliphatic carbocycles. The van der Waals surface area contributed by atoms with Crippen molar-refractivity contribution < 1.29 is 18.7 Å². The molecule has 31 heavy (non-hydrogen) atoms. The third-order valence-corrected chi connectivity index (χ3v) is 5.58. The van der Waals surface area contributed by atoms with Gasteiger partial charge in [-0.1, -0.05) is 41.7 Å². The molecule has 0 saturated carbocycles. The van der Waals surface area contributed by atoms with E-state index in [1.54, 1.807) is 6.21 Å². The molecule has 9 heteroatoms. The Kier molecular flexibility index (Phi) is 6.85. The number of halogens is 1. The molecule has 2 aromatic carbocycles. The first-order chi connectivity index (χ1) is 15.2. The number of benzene rings is 2. The van der Waals surface area contributed by atoms with Crippen LogP contribution in [-0.2, 0) is 9.53 Å². The number of hydrogen-bond acceptors (Lipinski definition) is 7. The number of nitrogens with one attached hydrogen (secondary N) is 1.